The Labute approximate surface area is 94.3 Å². The molecule has 1 aromatic heterocycles. The average Bonchev–Trinajstić information content (AvgIpc) is 2.53. The molecule has 3 heteroatoms. The minimum atomic E-state index is -0.105. The third-order valence-electron chi connectivity index (χ3n) is 3.43. The van der Waals surface area contributed by atoms with Crippen molar-refractivity contribution in [2.75, 3.05) is 20.1 Å². The van der Waals surface area contributed by atoms with Crippen LogP contribution in [0.15, 0.2) is 24.3 Å². The van der Waals surface area contributed by atoms with Crippen molar-refractivity contribution >= 4 is 10.9 Å². The molecule has 0 aliphatic carbocycles. The zero-order valence-corrected chi connectivity index (χ0v) is 9.41. The molecular formula is C13H15FN2. The van der Waals surface area contributed by atoms with Crippen LogP contribution in [0.2, 0.25) is 0 Å². The van der Waals surface area contributed by atoms with Crippen LogP contribution in [0, 0.1) is 5.82 Å². The average molecular weight is 218 g/mol. The molecule has 0 saturated carbocycles. The lowest BCUT2D eigenvalue weighted by Crippen LogP contribution is -2.21. The van der Waals surface area contributed by atoms with Crippen LogP contribution in [-0.4, -0.2) is 29.6 Å². The van der Waals surface area contributed by atoms with Crippen LogP contribution in [0.3, 0.4) is 0 Å². The summed E-state index contributed by atoms with van der Waals surface area (Å²) in [6.45, 7) is 3.05. The molecule has 0 N–H and O–H groups in total. The molecule has 16 heavy (non-hydrogen) atoms. The molecule has 0 saturated heterocycles. The Morgan fingerprint density at radius 3 is 2.94 bits per heavy atom. The van der Waals surface area contributed by atoms with Gasteiger partial charge < -0.3 is 9.47 Å². The lowest BCUT2D eigenvalue weighted by Gasteiger charge is -2.11. The lowest BCUT2D eigenvalue weighted by atomic mass is 10.2. The number of nitrogens with zero attached hydrogens (tertiary/aromatic N) is 2. The third-order valence-corrected chi connectivity index (χ3v) is 3.43. The highest BCUT2D eigenvalue weighted by Gasteiger charge is 2.15. The largest absolute Gasteiger partial charge is 0.343 e. The Kier molecular flexibility index (Phi) is 2.21. The Morgan fingerprint density at radius 2 is 2.06 bits per heavy atom. The molecule has 0 amide bonds. The standard InChI is InChI=1S/C13H15FN2/c1-15-6-5-10-9-11-12(14)3-2-4-13(11)16(10)8-7-15/h2-4,9H,5-8H2,1H3. The molecule has 84 valence electrons. The number of halogens is 1. The van der Waals surface area contributed by atoms with Gasteiger partial charge >= 0.3 is 0 Å². The summed E-state index contributed by atoms with van der Waals surface area (Å²) in [5.41, 5.74) is 2.29. The van der Waals surface area contributed by atoms with Crippen molar-refractivity contribution in [2.24, 2.45) is 0 Å². The summed E-state index contributed by atoms with van der Waals surface area (Å²) in [5.74, 6) is -0.105. The number of hydrogen-bond donors (Lipinski definition) is 0. The maximum Gasteiger partial charge on any atom is 0.132 e. The third kappa shape index (κ3) is 1.43. The van der Waals surface area contributed by atoms with Crippen LogP contribution in [0.1, 0.15) is 5.69 Å². The molecule has 0 radical (unpaired) electrons. The highest BCUT2D eigenvalue weighted by molar-refractivity contribution is 5.82. The van der Waals surface area contributed by atoms with Crippen molar-refractivity contribution in [3.05, 3.63) is 35.8 Å². The zero-order valence-electron chi connectivity index (χ0n) is 9.41. The van der Waals surface area contributed by atoms with E-state index < -0.39 is 0 Å². The van der Waals surface area contributed by atoms with E-state index in [2.05, 4.69) is 16.5 Å². The number of fused-ring (bicyclic) bond motifs is 3. The van der Waals surface area contributed by atoms with E-state index in [1.807, 2.05) is 12.1 Å². The first kappa shape index (κ1) is 9.85. The van der Waals surface area contributed by atoms with E-state index in [9.17, 15) is 4.39 Å². The summed E-state index contributed by atoms with van der Waals surface area (Å²) in [6, 6.07) is 7.34. The molecule has 1 aliphatic heterocycles. The fourth-order valence-electron chi connectivity index (χ4n) is 2.46. The lowest BCUT2D eigenvalue weighted by molar-refractivity contribution is 0.343. The SMILES string of the molecule is CN1CCc2cc3c(F)cccc3n2CC1. The summed E-state index contributed by atoms with van der Waals surface area (Å²) in [7, 11) is 2.13. The maximum absolute atomic E-state index is 13.6. The van der Waals surface area contributed by atoms with E-state index in [0.717, 1.165) is 37.0 Å². The molecule has 0 atom stereocenters. The number of hydrogen-bond acceptors (Lipinski definition) is 1. The molecule has 0 bridgehead atoms. The second-order valence-corrected chi connectivity index (χ2v) is 4.51. The van der Waals surface area contributed by atoms with E-state index in [4.69, 9.17) is 0 Å². The van der Waals surface area contributed by atoms with Gasteiger partial charge in [-0.2, -0.15) is 0 Å². The van der Waals surface area contributed by atoms with Gasteiger partial charge in [-0.25, -0.2) is 4.39 Å². The van der Waals surface area contributed by atoms with Crippen molar-refractivity contribution in [1.82, 2.24) is 9.47 Å². The number of aromatic nitrogens is 1. The predicted molar refractivity (Wildman–Crippen MR) is 63.1 cm³/mol. The molecule has 1 aromatic carbocycles. The molecule has 0 fully saturated rings. The van der Waals surface area contributed by atoms with Gasteiger partial charge in [-0.1, -0.05) is 6.07 Å². The quantitative estimate of drug-likeness (QED) is 0.658. The van der Waals surface area contributed by atoms with Gasteiger partial charge in [-0.15, -0.1) is 0 Å². The molecule has 2 nitrogen and oxygen atoms in total. The monoisotopic (exact) mass is 218 g/mol. The number of rotatable bonds is 0. The molecule has 0 spiro atoms. The van der Waals surface area contributed by atoms with Crippen molar-refractivity contribution in [2.45, 2.75) is 13.0 Å². The molecular weight excluding hydrogens is 203 g/mol. The minimum absolute atomic E-state index is 0.105. The van der Waals surface area contributed by atoms with Crippen LogP contribution >= 0.6 is 0 Å². The van der Waals surface area contributed by atoms with E-state index in [-0.39, 0.29) is 5.82 Å². The van der Waals surface area contributed by atoms with Crippen LogP contribution in [0.4, 0.5) is 4.39 Å². The second-order valence-electron chi connectivity index (χ2n) is 4.51. The van der Waals surface area contributed by atoms with Crippen LogP contribution in [0.25, 0.3) is 10.9 Å². The fraction of sp³-hybridized carbons (Fsp3) is 0.385. The summed E-state index contributed by atoms with van der Waals surface area (Å²) in [5, 5.41) is 0.766. The van der Waals surface area contributed by atoms with E-state index in [0.29, 0.717) is 0 Å². The zero-order chi connectivity index (χ0) is 11.1. The van der Waals surface area contributed by atoms with Crippen molar-refractivity contribution < 1.29 is 4.39 Å². The van der Waals surface area contributed by atoms with Gasteiger partial charge in [0.15, 0.2) is 0 Å². The Hall–Kier alpha value is -1.35. The number of likely N-dealkylation sites (N-methyl/N-ethyl adjacent to an activating group) is 1. The van der Waals surface area contributed by atoms with Gasteiger partial charge in [0.05, 0.1) is 5.52 Å². The van der Waals surface area contributed by atoms with Gasteiger partial charge in [0.1, 0.15) is 5.82 Å². The first-order chi connectivity index (χ1) is 7.75. The summed E-state index contributed by atoms with van der Waals surface area (Å²) >= 11 is 0. The van der Waals surface area contributed by atoms with Gasteiger partial charge in [-0.05, 0) is 25.2 Å². The first-order valence-corrected chi connectivity index (χ1v) is 5.71. The Balaban J connectivity index is 2.18. The highest BCUT2D eigenvalue weighted by Crippen LogP contribution is 2.24. The highest BCUT2D eigenvalue weighted by atomic mass is 19.1. The normalized spacial score (nSPS) is 17.4. The van der Waals surface area contributed by atoms with E-state index >= 15 is 0 Å². The molecule has 3 rings (SSSR count). The predicted octanol–water partition coefficient (Wildman–Crippen LogP) is 2.27. The van der Waals surface area contributed by atoms with Crippen molar-refractivity contribution in [3.8, 4) is 0 Å². The smallest absolute Gasteiger partial charge is 0.132 e. The van der Waals surface area contributed by atoms with Gasteiger partial charge in [-0.3, -0.25) is 0 Å². The Bertz CT molecular complexity index is 530. The van der Waals surface area contributed by atoms with E-state index in [1.165, 1.54) is 11.8 Å². The maximum atomic E-state index is 13.6. The first-order valence-electron chi connectivity index (χ1n) is 5.71. The second kappa shape index (κ2) is 3.59. The van der Waals surface area contributed by atoms with Crippen molar-refractivity contribution in [1.29, 1.82) is 0 Å². The van der Waals surface area contributed by atoms with Gasteiger partial charge in [0.25, 0.3) is 0 Å². The summed E-state index contributed by atoms with van der Waals surface area (Å²) in [6.07, 6.45) is 1.00. The molecule has 2 aromatic rings. The molecule has 0 unspecified atom stereocenters. The summed E-state index contributed by atoms with van der Waals surface area (Å²) in [4.78, 5) is 2.32. The van der Waals surface area contributed by atoms with Crippen molar-refractivity contribution in [3.63, 3.8) is 0 Å². The molecule has 2 heterocycles. The van der Waals surface area contributed by atoms with Crippen LogP contribution < -0.4 is 0 Å². The van der Waals surface area contributed by atoms with Gasteiger partial charge in [0.2, 0.25) is 0 Å². The fourth-order valence-corrected chi connectivity index (χ4v) is 2.46. The Morgan fingerprint density at radius 1 is 1.19 bits per heavy atom. The molecule has 1 aliphatic rings. The van der Waals surface area contributed by atoms with Crippen LogP contribution in [-0.2, 0) is 13.0 Å². The van der Waals surface area contributed by atoms with E-state index in [1.54, 1.807) is 6.07 Å². The number of benzene rings is 1. The van der Waals surface area contributed by atoms with Crippen LogP contribution in [0.5, 0.6) is 0 Å². The van der Waals surface area contributed by atoms with Gasteiger partial charge in [0, 0.05) is 37.1 Å². The summed E-state index contributed by atoms with van der Waals surface area (Å²) < 4.78 is 15.9. The topological polar surface area (TPSA) is 8.17 Å². The minimum Gasteiger partial charge on any atom is -0.343 e.